The van der Waals surface area contributed by atoms with E-state index in [9.17, 15) is 9.59 Å². The van der Waals surface area contributed by atoms with E-state index in [-0.39, 0.29) is 11.9 Å². The molecule has 1 saturated heterocycles. The lowest BCUT2D eigenvalue weighted by Gasteiger charge is -2.11. The first-order chi connectivity index (χ1) is 6.63. The molecule has 1 heterocycles. The second kappa shape index (κ2) is 4.83. The Labute approximate surface area is 82.6 Å². The summed E-state index contributed by atoms with van der Waals surface area (Å²) in [5.74, 6) is -0.102. The highest BCUT2D eigenvalue weighted by Crippen LogP contribution is 2.19. The Bertz CT molecular complexity index is 229. The van der Waals surface area contributed by atoms with Gasteiger partial charge in [-0.15, -0.1) is 0 Å². The predicted molar refractivity (Wildman–Crippen MR) is 49.0 cm³/mol. The first kappa shape index (κ1) is 10.8. The molecule has 0 aliphatic carbocycles. The van der Waals surface area contributed by atoms with Crippen LogP contribution in [0.3, 0.4) is 0 Å². The van der Waals surface area contributed by atoms with Crippen molar-refractivity contribution in [3.8, 4) is 0 Å². The third-order valence-corrected chi connectivity index (χ3v) is 2.32. The summed E-state index contributed by atoms with van der Waals surface area (Å²) in [6.45, 7) is 3.12. The van der Waals surface area contributed by atoms with Crippen LogP contribution in [0.4, 0.5) is 4.79 Å². The van der Waals surface area contributed by atoms with Crippen molar-refractivity contribution in [2.45, 2.75) is 19.8 Å². The molecule has 0 saturated carbocycles. The highest BCUT2D eigenvalue weighted by atomic mass is 16.5. The molecule has 0 radical (unpaired) electrons. The molecule has 14 heavy (non-hydrogen) atoms. The van der Waals surface area contributed by atoms with Crippen LogP contribution in [0.1, 0.15) is 19.8 Å². The van der Waals surface area contributed by atoms with Crippen molar-refractivity contribution < 1.29 is 19.4 Å². The van der Waals surface area contributed by atoms with Crippen LogP contribution in [-0.4, -0.2) is 41.8 Å². The van der Waals surface area contributed by atoms with Gasteiger partial charge in [0.15, 0.2) is 0 Å². The van der Waals surface area contributed by atoms with E-state index in [0.717, 1.165) is 6.42 Å². The Balaban J connectivity index is 2.28. The lowest BCUT2D eigenvalue weighted by molar-refractivity contribution is -0.144. The third kappa shape index (κ3) is 2.90. The molecule has 1 fully saturated rings. The molecule has 1 amide bonds. The van der Waals surface area contributed by atoms with Gasteiger partial charge in [-0.1, -0.05) is 0 Å². The minimum absolute atomic E-state index is 0.130. The van der Waals surface area contributed by atoms with Gasteiger partial charge in [-0.3, -0.25) is 4.79 Å². The molecule has 0 unspecified atom stereocenters. The van der Waals surface area contributed by atoms with Crippen LogP contribution in [-0.2, 0) is 9.53 Å². The van der Waals surface area contributed by atoms with E-state index in [4.69, 9.17) is 9.84 Å². The monoisotopic (exact) mass is 201 g/mol. The van der Waals surface area contributed by atoms with Gasteiger partial charge in [0.05, 0.1) is 13.0 Å². The molecule has 0 aromatic heterocycles. The van der Waals surface area contributed by atoms with Crippen LogP contribution in [0.2, 0.25) is 0 Å². The maximum absolute atomic E-state index is 11.1. The van der Waals surface area contributed by atoms with Crippen molar-refractivity contribution in [2.24, 2.45) is 5.92 Å². The standard InChI is InChI=1S/C9H15NO4/c1-2-14-8(11)5-7-3-4-10(6-7)9(12)13/h7H,2-6H2,1H3,(H,12,13)/t7-/m1/s1. The predicted octanol–water partition coefficient (Wildman–Crippen LogP) is 0.940. The second-order valence-corrected chi connectivity index (χ2v) is 3.39. The van der Waals surface area contributed by atoms with Gasteiger partial charge in [-0.2, -0.15) is 0 Å². The summed E-state index contributed by atoms with van der Waals surface area (Å²) in [7, 11) is 0. The lowest BCUT2D eigenvalue weighted by atomic mass is 10.1. The minimum atomic E-state index is -0.906. The number of hydrogen-bond acceptors (Lipinski definition) is 3. The van der Waals surface area contributed by atoms with Crippen LogP contribution < -0.4 is 0 Å². The molecule has 80 valence electrons. The van der Waals surface area contributed by atoms with Crippen LogP contribution in [0.15, 0.2) is 0 Å². The van der Waals surface area contributed by atoms with Crippen LogP contribution in [0.5, 0.6) is 0 Å². The number of carboxylic acid groups (broad SMARTS) is 1. The average molecular weight is 201 g/mol. The summed E-state index contributed by atoms with van der Waals surface area (Å²) in [5, 5.41) is 8.68. The number of rotatable bonds is 3. The van der Waals surface area contributed by atoms with Gasteiger partial charge in [0, 0.05) is 13.1 Å². The van der Waals surface area contributed by atoms with E-state index in [0.29, 0.717) is 26.1 Å². The maximum atomic E-state index is 11.1. The number of ether oxygens (including phenoxy) is 1. The number of esters is 1. The maximum Gasteiger partial charge on any atom is 0.407 e. The third-order valence-electron chi connectivity index (χ3n) is 2.32. The van der Waals surface area contributed by atoms with Crippen molar-refractivity contribution in [2.75, 3.05) is 19.7 Å². The van der Waals surface area contributed by atoms with E-state index in [1.165, 1.54) is 4.90 Å². The van der Waals surface area contributed by atoms with Crippen molar-refractivity contribution in [1.82, 2.24) is 4.90 Å². The molecule has 5 heteroatoms. The molecule has 5 nitrogen and oxygen atoms in total. The van der Waals surface area contributed by atoms with Crippen molar-refractivity contribution in [3.05, 3.63) is 0 Å². The Morgan fingerprint density at radius 3 is 2.79 bits per heavy atom. The Morgan fingerprint density at radius 2 is 2.29 bits per heavy atom. The van der Waals surface area contributed by atoms with Crippen LogP contribution in [0, 0.1) is 5.92 Å². The highest BCUT2D eigenvalue weighted by Gasteiger charge is 2.27. The number of carbonyl (C=O) groups is 2. The smallest absolute Gasteiger partial charge is 0.407 e. The summed E-state index contributed by atoms with van der Waals surface area (Å²) in [5.41, 5.74) is 0. The normalized spacial score (nSPS) is 20.9. The van der Waals surface area contributed by atoms with Gasteiger partial charge in [0.25, 0.3) is 0 Å². The van der Waals surface area contributed by atoms with E-state index < -0.39 is 6.09 Å². The van der Waals surface area contributed by atoms with Crippen molar-refractivity contribution in [3.63, 3.8) is 0 Å². The SMILES string of the molecule is CCOC(=O)C[C@H]1CCN(C(=O)O)C1. The fourth-order valence-electron chi connectivity index (χ4n) is 1.63. The van der Waals surface area contributed by atoms with Gasteiger partial charge in [-0.05, 0) is 19.3 Å². The molecule has 1 atom stereocenters. The fraction of sp³-hybridized carbons (Fsp3) is 0.778. The fourth-order valence-corrected chi connectivity index (χ4v) is 1.63. The molecule has 0 aromatic carbocycles. The zero-order chi connectivity index (χ0) is 10.6. The zero-order valence-corrected chi connectivity index (χ0v) is 8.23. The Hall–Kier alpha value is -1.26. The molecule has 1 aliphatic heterocycles. The number of carbonyl (C=O) groups excluding carboxylic acids is 1. The van der Waals surface area contributed by atoms with Gasteiger partial charge in [0.1, 0.15) is 0 Å². The summed E-state index contributed by atoms with van der Waals surface area (Å²) in [4.78, 5) is 23.0. The van der Waals surface area contributed by atoms with Gasteiger partial charge < -0.3 is 14.7 Å². The quantitative estimate of drug-likeness (QED) is 0.690. The van der Waals surface area contributed by atoms with E-state index in [1.807, 2.05) is 0 Å². The Morgan fingerprint density at radius 1 is 1.57 bits per heavy atom. The van der Waals surface area contributed by atoms with Gasteiger partial charge >= 0.3 is 12.1 Å². The van der Waals surface area contributed by atoms with Crippen LogP contribution in [0.25, 0.3) is 0 Å². The second-order valence-electron chi connectivity index (χ2n) is 3.39. The molecule has 0 bridgehead atoms. The first-order valence-electron chi connectivity index (χ1n) is 4.77. The summed E-state index contributed by atoms with van der Waals surface area (Å²) < 4.78 is 4.79. The molecule has 1 rings (SSSR count). The zero-order valence-electron chi connectivity index (χ0n) is 8.23. The minimum Gasteiger partial charge on any atom is -0.466 e. The molecule has 1 N–H and O–H groups in total. The summed E-state index contributed by atoms with van der Waals surface area (Å²) >= 11 is 0. The molecular formula is C9H15NO4. The van der Waals surface area contributed by atoms with E-state index >= 15 is 0 Å². The van der Waals surface area contributed by atoms with Crippen LogP contribution >= 0.6 is 0 Å². The number of amides is 1. The van der Waals surface area contributed by atoms with E-state index in [2.05, 4.69) is 0 Å². The molecule has 0 spiro atoms. The van der Waals surface area contributed by atoms with Crippen molar-refractivity contribution >= 4 is 12.1 Å². The molecular weight excluding hydrogens is 186 g/mol. The van der Waals surface area contributed by atoms with Gasteiger partial charge in [-0.25, -0.2) is 4.79 Å². The summed E-state index contributed by atoms with van der Waals surface area (Å²) in [6.07, 6.45) is 0.180. The number of likely N-dealkylation sites (tertiary alicyclic amines) is 1. The lowest BCUT2D eigenvalue weighted by Crippen LogP contribution is -2.27. The van der Waals surface area contributed by atoms with Crippen molar-refractivity contribution in [1.29, 1.82) is 0 Å². The van der Waals surface area contributed by atoms with E-state index in [1.54, 1.807) is 6.92 Å². The first-order valence-corrected chi connectivity index (χ1v) is 4.77. The van der Waals surface area contributed by atoms with Gasteiger partial charge in [0.2, 0.25) is 0 Å². The topological polar surface area (TPSA) is 66.8 Å². The Kier molecular flexibility index (Phi) is 3.73. The number of hydrogen-bond donors (Lipinski definition) is 1. The molecule has 0 aromatic rings. The molecule has 1 aliphatic rings. The largest absolute Gasteiger partial charge is 0.466 e. The number of nitrogens with zero attached hydrogens (tertiary/aromatic N) is 1. The highest BCUT2D eigenvalue weighted by molar-refractivity contribution is 5.70. The summed E-state index contributed by atoms with van der Waals surface area (Å²) in [6, 6.07) is 0. The average Bonchev–Trinajstić information content (AvgIpc) is 2.53.